The molecule has 3 rings (SSSR count). The molecular weight excluding hydrogens is 213 g/mol. The van der Waals surface area contributed by atoms with Crippen molar-refractivity contribution in [3.63, 3.8) is 0 Å². The number of hydrogen-bond acceptors (Lipinski definition) is 2. The third kappa shape index (κ3) is 1.50. The number of quaternary nitrogens is 1. The van der Waals surface area contributed by atoms with Gasteiger partial charge in [0.1, 0.15) is 11.4 Å². The minimum Gasteiger partial charge on any atom is -0.423 e. The zero-order valence-electron chi connectivity index (χ0n) is 9.22. The van der Waals surface area contributed by atoms with Gasteiger partial charge in [-0.1, -0.05) is 18.2 Å². The molecule has 0 bridgehead atoms. The van der Waals surface area contributed by atoms with Crippen molar-refractivity contribution in [3.8, 4) is 11.1 Å². The van der Waals surface area contributed by atoms with Crippen LogP contribution in [-0.2, 0) is 0 Å². The van der Waals surface area contributed by atoms with Gasteiger partial charge in [0.05, 0.1) is 0 Å². The van der Waals surface area contributed by atoms with E-state index in [0.29, 0.717) is 5.46 Å². The lowest BCUT2D eigenvalue weighted by Gasteiger charge is -2.14. The van der Waals surface area contributed by atoms with E-state index in [1.165, 1.54) is 0 Å². The Hall–Kier alpha value is -1.62. The molecule has 0 spiro atoms. The first-order valence-electron chi connectivity index (χ1n) is 5.47. The lowest BCUT2D eigenvalue weighted by Crippen LogP contribution is -2.95. The Morgan fingerprint density at radius 2 is 1.65 bits per heavy atom. The minimum atomic E-state index is -1.43. The van der Waals surface area contributed by atoms with Crippen LogP contribution in [0.4, 0.5) is 11.4 Å². The van der Waals surface area contributed by atoms with Gasteiger partial charge in [-0.15, -0.1) is 7.05 Å². The average molecular weight is 225 g/mol. The number of rotatable bonds is 1. The first-order chi connectivity index (χ1) is 8.18. The molecule has 0 saturated heterocycles. The topological polar surface area (TPSA) is 44.9 Å². The largest absolute Gasteiger partial charge is 0.488 e. The zero-order chi connectivity index (χ0) is 12.0. The summed E-state index contributed by atoms with van der Waals surface area (Å²) in [5.74, 6) is 0. The van der Waals surface area contributed by atoms with Gasteiger partial charge in [0.15, 0.2) is 0 Å². The molecule has 0 fully saturated rings. The van der Waals surface area contributed by atoms with Crippen molar-refractivity contribution in [1.29, 1.82) is 0 Å². The van der Waals surface area contributed by atoms with Crippen molar-refractivity contribution in [1.82, 2.24) is 0 Å². The SMILES string of the molecule is [CH2-][NH+]1c2ccccc2-c2cc(B(O)O)ccc21. The van der Waals surface area contributed by atoms with E-state index < -0.39 is 7.12 Å². The number of fused-ring (bicyclic) bond motifs is 3. The van der Waals surface area contributed by atoms with Crippen LogP contribution in [0.1, 0.15) is 0 Å². The summed E-state index contributed by atoms with van der Waals surface area (Å²) in [5, 5.41) is 18.4. The first-order valence-corrected chi connectivity index (χ1v) is 5.47. The predicted octanol–water partition coefficient (Wildman–Crippen LogP) is -0.0135. The van der Waals surface area contributed by atoms with Gasteiger partial charge in [-0.05, 0) is 29.7 Å². The molecule has 2 aromatic rings. The fraction of sp³-hybridized carbons (Fsp3) is 0. The Labute approximate surface area is 100 Å². The van der Waals surface area contributed by atoms with E-state index >= 15 is 0 Å². The summed E-state index contributed by atoms with van der Waals surface area (Å²) >= 11 is 0. The zero-order valence-corrected chi connectivity index (χ0v) is 9.22. The second-order valence-corrected chi connectivity index (χ2v) is 4.20. The highest BCUT2D eigenvalue weighted by Gasteiger charge is 2.26. The van der Waals surface area contributed by atoms with Crippen molar-refractivity contribution in [2.45, 2.75) is 0 Å². The predicted molar refractivity (Wildman–Crippen MR) is 67.3 cm³/mol. The smallest absolute Gasteiger partial charge is 0.423 e. The van der Waals surface area contributed by atoms with Crippen LogP contribution in [0, 0.1) is 7.05 Å². The van der Waals surface area contributed by atoms with Crippen LogP contribution in [0.3, 0.4) is 0 Å². The highest BCUT2D eigenvalue weighted by molar-refractivity contribution is 6.58. The summed E-state index contributed by atoms with van der Waals surface area (Å²) in [5.41, 5.74) is 4.82. The van der Waals surface area contributed by atoms with Crippen LogP contribution in [0.5, 0.6) is 0 Å². The molecule has 0 amide bonds. The molecule has 0 saturated carbocycles. The fourth-order valence-electron chi connectivity index (χ4n) is 2.33. The Kier molecular flexibility index (Phi) is 2.29. The summed E-state index contributed by atoms with van der Waals surface area (Å²) < 4.78 is 0. The van der Waals surface area contributed by atoms with Crippen molar-refractivity contribution in [2.75, 3.05) is 0 Å². The lowest BCUT2D eigenvalue weighted by molar-refractivity contribution is -0.700. The molecule has 2 aromatic carbocycles. The standard InChI is InChI=1S/C13H12BNO2/c1-15-12-5-3-2-4-10(12)11-8-9(14(16)17)6-7-13(11)15/h2-8,15-17H,1H2. The van der Waals surface area contributed by atoms with Gasteiger partial charge in [-0.2, -0.15) is 0 Å². The molecule has 0 aliphatic carbocycles. The van der Waals surface area contributed by atoms with Crippen LogP contribution in [-0.4, -0.2) is 17.2 Å². The van der Waals surface area contributed by atoms with Crippen molar-refractivity contribution < 1.29 is 14.9 Å². The molecule has 3 N–H and O–H groups in total. The Morgan fingerprint density at radius 1 is 0.941 bits per heavy atom. The second kappa shape index (κ2) is 3.70. The number of benzene rings is 2. The maximum Gasteiger partial charge on any atom is 0.488 e. The summed E-state index contributed by atoms with van der Waals surface area (Å²) in [6, 6.07) is 13.5. The summed E-state index contributed by atoms with van der Waals surface area (Å²) in [6.45, 7) is 0. The quantitative estimate of drug-likeness (QED) is 0.472. The van der Waals surface area contributed by atoms with E-state index in [-0.39, 0.29) is 0 Å². The molecule has 1 unspecified atom stereocenters. The molecule has 0 aromatic heterocycles. The van der Waals surface area contributed by atoms with Crippen molar-refractivity contribution in [2.24, 2.45) is 0 Å². The van der Waals surface area contributed by atoms with Crippen molar-refractivity contribution >= 4 is 24.0 Å². The third-order valence-electron chi connectivity index (χ3n) is 3.21. The average Bonchev–Trinajstić information content (AvgIpc) is 2.64. The van der Waals surface area contributed by atoms with Crippen LogP contribution in [0.2, 0.25) is 0 Å². The van der Waals surface area contributed by atoms with Gasteiger partial charge in [0, 0.05) is 11.1 Å². The van der Waals surface area contributed by atoms with Gasteiger partial charge >= 0.3 is 7.12 Å². The lowest BCUT2D eigenvalue weighted by atomic mass is 9.79. The molecule has 3 nitrogen and oxygen atoms in total. The number of para-hydroxylation sites is 1. The molecule has 1 atom stereocenters. The normalized spacial score (nSPS) is 16.5. The molecule has 1 heterocycles. The first kappa shape index (κ1) is 10.5. The van der Waals surface area contributed by atoms with E-state index in [4.69, 9.17) is 0 Å². The molecule has 4 heteroatoms. The number of hydrogen-bond donors (Lipinski definition) is 3. The van der Waals surface area contributed by atoms with E-state index in [1.54, 1.807) is 6.07 Å². The second-order valence-electron chi connectivity index (χ2n) is 4.20. The fourth-order valence-corrected chi connectivity index (χ4v) is 2.33. The monoisotopic (exact) mass is 225 g/mol. The maximum absolute atomic E-state index is 9.20. The molecule has 0 radical (unpaired) electrons. The Balaban J connectivity index is 2.23. The van der Waals surface area contributed by atoms with Gasteiger partial charge in [-0.3, -0.25) is 0 Å². The van der Waals surface area contributed by atoms with E-state index in [2.05, 4.69) is 7.05 Å². The molecule has 1 aliphatic heterocycles. The van der Waals surface area contributed by atoms with Gasteiger partial charge < -0.3 is 14.9 Å². The van der Waals surface area contributed by atoms with Gasteiger partial charge in [-0.25, -0.2) is 0 Å². The maximum atomic E-state index is 9.20. The van der Waals surface area contributed by atoms with Crippen LogP contribution >= 0.6 is 0 Å². The van der Waals surface area contributed by atoms with E-state index in [9.17, 15) is 10.0 Å². The molecular formula is C13H12BNO2. The molecule has 84 valence electrons. The highest BCUT2D eigenvalue weighted by Crippen LogP contribution is 2.35. The van der Waals surface area contributed by atoms with Crippen molar-refractivity contribution in [3.05, 3.63) is 49.5 Å². The van der Waals surface area contributed by atoms with Crippen LogP contribution < -0.4 is 10.4 Å². The Morgan fingerprint density at radius 3 is 2.41 bits per heavy atom. The van der Waals surface area contributed by atoms with Crippen LogP contribution in [0.15, 0.2) is 42.5 Å². The van der Waals surface area contributed by atoms with Gasteiger partial charge in [0.2, 0.25) is 0 Å². The summed E-state index contributed by atoms with van der Waals surface area (Å²) in [7, 11) is 2.66. The molecule has 1 aliphatic rings. The molecule has 17 heavy (non-hydrogen) atoms. The minimum absolute atomic E-state index is 0.508. The summed E-state index contributed by atoms with van der Waals surface area (Å²) in [4.78, 5) is 0.995. The highest BCUT2D eigenvalue weighted by atomic mass is 16.4. The third-order valence-corrected chi connectivity index (χ3v) is 3.21. The van der Waals surface area contributed by atoms with Crippen LogP contribution in [0.25, 0.3) is 11.1 Å². The Bertz CT molecular complexity index is 583. The van der Waals surface area contributed by atoms with E-state index in [1.807, 2.05) is 36.4 Å². The van der Waals surface area contributed by atoms with Gasteiger partial charge in [0.25, 0.3) is 0 Å². The number of nitrogens with one attached hydrogen (secondary N) is 1. The van der Waals surface area contributed by atoms with E-state index in [0.717, 1.165) is 27.4 Å². The summed E-state index contributed by atoms with van der Waals surface area (Å²) in [6.07, 6.45) is 0.